The number of benzene rings is 2. The molecule has 8 heteroatoms. The molecule has 4 N–H and O–H groups in total. The summed E-state index contributed by atoms with van der Waals surface area (Å²) in [6.07, 6.45) is 5.50. The van der Waals surface area contributed by atoms with Crippen LogP contribution < -0.4 is 16.0 Å². The van der Waals surface area contributed by atoms with E-state index in [1.54, 1.807) is 11.0 Å². The van der Waals surface area contributed by atoms with Crippen LogP contribution in [0, 0.1) is 37.4 Å². The summed E-state index contributed by atoms with van der Waals surface area (Å²) in [5.41, 5.74) is 11.1. The topological polar surface area (TPSA) is 91.2 Å². The normalized spacial score (nSPS) is 19.1. The van der Waals surface area contributed by atoms with Crippen LogP contribution in [0.25, 0.3) is 11.6 Å². The number of amides is 2. The molecule has 5 rings (SSSR count). The predicted molar refractivity (Wildman–Crippen MR) is 160 cm³/mol. The molecule has 0 radical (unpaired) electrons. The zero-order valence-corrected chi connectivity index (χ0v) is 23.5. The number of carbonyl (C=O) groups is 2. The van der Waals surface area contributed by atoms with Crippen molar-refractivity contribution in [1.82, 2.24) is 10.3 Å². The average Bonchev–Trinajstić information content (AvgIpc) is 3.37. The number of aryl methyl sites for hydroxylation is 2. The fourth-order valence-corrected chi connectivity index (χ4v) is 5.43. The molecule has 3 aromatic rings. The minimum atomic E-state index is -0.675. The van der Waals surface area contributed by atoms with Gasteiger partial charge in [-0.05, 0) is 87.4 Å². The van der Waals surface area contributed by atoms with E-state index in [1.807, 2.05) is 50.2 Å². The van der Waals surface area contributed by atoms with Crippen LogP contribution in [0.4, 0.5) is 10.1 Å². The second-order valence-corrected chi connectivity index (χ2v) is 10.5. The Bertz CT molecular complexity index is 1490. The minimum absolute atomic E-state index is 0. The number of hydrogen-bond acceptors (Lipinski definition) is 3. The van der Waals surface area contributed by atoms with Crippen LogP contribution in [-0.2, 0) is 4.79 Å². The Morgan fingerprint density at radius 2 is 1.88 bits per heavy atom. The van der Waals surface area contributed by atoms with Gasteiger partial charge in [0.25, 0.3) is 11.8 Å². The molecule has 2 aliphatic rings. The van der Waals surface area contributed by atoms with Gasteiger partial charge in [0.05, 0.1) is 23.4 Å². The fraction of sp³-hybridized carbons (Fsp3) is 0.312. The third-order valence-corrected chi connectivity index (χ3v) is 7.54. The van der Waals surface area contributed by atoms with Gasteiger partial charge in [-0.3, -0.25) is 9.59 Å². The highest BCUT2D eigenvalue weighted by molar-refractivity contribution is 6.36. The number of carbonyl (C=O) groups excluding carboxylic acids is 2. The van der Waals surface area contributed by atoms with Crippen molar-refractivity contribution in [2.24, 2.45) is 11.7 Å². The fourth-order valence-electron chi connectivity index (χ4n) is 5.43. The maximum absolute atomic E-state index is 15.3. The molecular weight excluding hydrogens is 527 g/mol. The Hall–Kier alpha value is -3.86. The molecule has 208 valence electrons. The van der Waals surface area contributed by atoms with Crippen LogP contribution in [-0.4, -0.2) is 35.9 Å². The van der Waals surface area contributed by atoms with Crippen LogP contribution in [0.2, 0.25) is 0 Å². The first-order valence-electron chi connectivity index (χ1n) is 13.4. The standard InChI is InChI=1S/C32H33FN4O2.ClH/c1-20-15-21(2)36-29(20)17-26-25-16-28(33)27(31(38)35-14-6-9-22-7-4-3-5-8-22)18-30(25)37(32(26)39)19-23-10-12-24(34)13-11-23;/h3-5,7-8,15-18,23-24,36H,10-14,19,34H2,1-2H3,(H,35,38);1H/b26-17-;. The third-order valence-electron chi connectivity index (χ3n) is 7.54. The molecular formula is C32H34ClFN4O2. The molecule has 1 aliphatic heterocycles. The van der Waals surface area contributed by atoms with Crippen LogP contribution in [0.1, 0.15) is 64.1 Å². The summed E-state index contributed by atoms with van der Waals surface area (Å²) in [6.45, 7) is 4.50. The molecule has 1 aliphatic carbocycles. The van der Waals surface area contributed by atoms with Crippen LogP contribution in [0.5, 0.6) is 0 Å². The van der Waals surface area contributed by atoms with E-state index in [4.69, 9.17) is 5.73 Å². The number of nitrogens with zero attached hydrogens (tertiary/aromatic N) is 1. The van der Waals surface area contributed by atoms with Gasteiger partial charge >= 0.3 is 0 Å². The zero-order valence-electron chi connectivity index (χ0n) is 22.7. The highest BCUT2D eigenvalue weighted by Crippen LogP contribution is 2.41. The number of nitrogens with two attached hydrogens (primary N) is 1. The first-order chi connectivity index (χ1) is 18.8. The van der Waals surface area contributed by atoms with E-state index in [2.05, 4.69) is 22.1 Å². The van der Waals surface area contributed by atoms with Crippen molar-refractivity contribution in [3.8, 4) is 11.8 Å². The van der Waals surface area contributed by atoms with E-state index in [1.165, 1.54) is 12.1 Å². The highest BCUT2D eigenvalue weighted by Gasteiger charge is 2.36. The van der Waals surface area contributed by atoms with Crippen LogP contribution in [0.3, 0.4) is 0 Å². The monoisotopic (exact) mass is 560 g/mol. The van der Waals surface area contributed by atoms with E-state index in [-0.39, 0.29) is 36.5 Å². The first-order valence-corrected chi connectivity index (χ1v) is 13.4. The van der Waals surface area contributed by atoms with Gasteiger partial charge in [0.2, 0.25) is 0 Å². The summed E-state index contributed by atoms with van der Waals surface area (Å²) in [5.74, 6) is 4.74. The summed E-state index contributed by atoms with van der Waals surface area (Å²) in [6, 6.07) is 14.5. The lowest BCUT2D eigenvalue weighted by atomic mass is 9.86. The van der Waals surface area contributed by atoms with Crippen molar-refractivity contribution >= 4 is 41.6 Å². The van der Waals surface area contributed by atoms with Crippen molar-refractivity contribution in [2.75, 3.05) is 18.0 Å². The summed E-state index contributed by atoms with van der Waals surface area (Å²) < 4.78 is 15.3. The van der Waals surface area contributed by atoms with Gasteiger partial charge < -0.3 is 20.9 Å². The second-order valence-electron chi connectivity index (χ2n) is 10.5. The third kappa shape index (κ3) is 6.30. The summed E-state index contributed by atoms with van der Waals surface area (Å²) >= 11 is 0. The number of nitrogens with one attached hydrogen (secondary N) is 2. The minimum Gasteiger partial charge on any atom is -0.359 e. The quantitative estimate of drug-likeness (QED) is 0.289. The molecule has 0 spiro atoms. The molecule has 2 amide bonds. The van der Waals surface area contributed by atoms with Crippen molar-refractivity contribution in [2.45, 2.75) is 45.6 Å². The number of hydrogen-bond donors (Lipinski definition) is 3. The number of aromatic amines is 1. The molecule has 2 heterocycles. The highest BCUT2D eigenvalue weighted by atomic mass is 35.5. The zero-order chi connectivity index (χ0) is 27.5. The van der Waals surface area contributed by atoms with Gasteiger partial charge in [-0.15, -0.1) is 12.4 Å². The Labute approximate surface area is 240 Å². The maximum Gasteiger partial charge on any atom is 0.259 e. The number of H-pyrrole nitrogens is 1. The van der Waals surface area contributed by atoms with E-state index < -0.39 is 11.7 Å². The van der Waals surface area contributed by atoms with Crippen molar-refractivity contribution in [3.05, 3.63) is 88.0 Å². The number of rotatable bonds is 5. The molecule has 1 aromatic heterocycles. The van der Waals surface area contributed by atoms with Gasteiger partial charge in [-0.25, -0.2) is 4.39 Å². The molecule has 40 heavy (non-hydrogen) atoms. The van der Waals surface area contributed by atoms with Gasteiger partial charge in [0.15, 0.2) is 0 Å². The van der Waals surface area contributed by atoms with E-state index in [0.29, 0.717) is 29.3 Å². The van der Waals surface area contributed by atoms with Gasteiger partial charge in [-0.2, -0.15) is 0 Å². The SMILES string of the molecule is Cc1cc(C)c(/C=C2\C(=O)N(CC3CCC(N)CC3)c3cc(C(=O)NCC#Cc4ccccc4)c(F)cc32)[nH]1.Cl. The van der Waals surface area contributed by atoms with Crippen LogP contribution in [0.15, 0.2) is 48.5 Å². The molecule has 6 nitrogen and oxygen atoms in total. The van der Waals surface area contributed by atoms with Crippen LogP contribution >= 0.6 is 12.4 Å². The summed E-state index contributed by atoms with van der Waals surface area (Å²) in [5, 5.41) is 2.69. The maximum atomic E-state index is 15.3. The smallest absolute Gasteiger partial charge is 0.259 e. The number of halogens is 2. The molecule has 1 saturated carbocycles. The Morgan fingerprint density at radius 1 is 1.15 bits per heavy atom. The lowest BCUT2D eigenvalue weighted by molar-refractivity contribution is -0.113. The Balaban J connectivity index is 0.00000370. The van der Waals surface area contributed by atoms with Gasteiger partial charge in [0, 0.05) is 35.1 Å². The van der Waals surface area contributed by atoms with E-state index in [9.17, 15) is 9.59 Å². The first kappa shape index (κ1) is 29.1. The number of anilines is 1. The molecule has 2 aromatic carbocycles. The summed E-state index contributed by atoms with van der Waals surface area (Å²) in [4.78, 5) is 31.7. The predicted octanol–water partition coefficient (Wildman–Crippen LogP) is 5.38. The van der Waals surface area contributed by atoms with Gasteiger partial charge in [0.1, 0.15) is 5.82 Å². The molecule has 0 atom stereocenters. The second kappa shape index (κ2) is 12.5. The van der Waals surface area contributed by atoms with Crippen molar-refractivity contribution in [1.29, 1.82) is 0 Å². The lowest BCUT2D eigenvalue weighted by Crippen LogP contribution is -2.36. The number of fused-ring (bicyclic) bond motifs is 1. The molecule has 1 fully saturated rings. The van der Waals surface area contributed by atoms with Gasteiger partial charge in [-0.1, -0.05) is 30.0 Å². The Morgan fingerprint density at radius 3 is 2.55 bits per heavy atom. The number of aromatic nitrogens is 1. The molecule has 0 unspecified atom stereocenters. The summed E-state index contributed by atoms with van der Waals surface area (Å²) in [7, 11) is 0. The van der Waals surface area contributed by atoms with E-state index >= 15 is 4.39 Å². The van der Waals surface area contributed by atoms with Crippen molar-refractivity contribution in [3.63, 3.8) is 0 Å². The molecule has 0 bridgehead atoms. The lowest BCUT2D eigenvalue weighted by Gasteiger charge is -2.30. The Kier molecular flexibility index (Phi) is 9.14. The average molecular weight is 561 g/mol. The molecule has 0 saturated heterocycles. The largest absolute Gasteiger partial charge is 0.359 e. The van der Waals surface area contributed by atoms with Crippen molar-refractivity contribution < 1.29 is 14.0 Å². The van der Waals surface area contributed by atoms with E-state index in [0.717, 1.165) is 48.2 Å².